The summed E-state index contributed by atoms with van der Waals surface area (Å²) in [5.41, 5.74) is 0. The molecule has 100 valence electrons. The number of rotatable bonds is 4. The normalized spacial score (nSPS) is 32.9. The van der Waals surface area contributed by atoms with E-state index in [0.29, 0.717) is 17.9 Å². The highest BCUT2D eigenvalue weighted by molar-refractivity contribution is 5.97. The van der Waals surface area contributed by atoms with E-state index in [-0.39, 0.29) is 23.9 Å². The van der Waals surface area contributed by atoms with Crippen molar-refractivity contribution in [2.75, 3.05) is 0 Å². The number of hydrogen-bond donors (Lipinski definition) is 1. The smallest absolute Gasteiger partial charge is 0.245 e. The van der Waals surface area contributed by atoms with Crippen molar-refractivity contribution in [2.24, 2.45) is 11.8 Å². The van der Waals surface area contributed by atoms with Crippen LogP contribution in [-0.2, 0) is 9.59 Å². The molecule has 3 fully saturated rings. The maximum absolute atomic E-state index is 12.5. The van der Waals surface area contributed by atoms with Crippen LogP contribution in [0.4, 0.5) is 0 Å². The molecule has 3 aliphatic rings. The van der Waals surface area contributed by atoms with E-state index < -0.39 is 0 Å². The maximum atomic E-state index is 12.5. The number of hydrogen-bond acceptors (Lipinski definition) is 2. The second kappa shape index (κ2) is 4.25. The van der Waals surface area contributed by atoms with E-state index in [2.05, 4.69) is 5.32 Å². The third-order valence-corrected chi connectivity index (χ3v) is 4.54. The molecule has 0 spiro atoms. The monoisotopic (exact) mass is 250 g/mol. The van der Waals surface area contributed by atoms with Crippen molar-refractivity contribution in [1.82, 2.24) is 10.2 Å². The van der Waals surface area contributed by atoms with Crippen LogP contribution >= 0.6 is 0 Å². The van der Waals surface area contributed by atoms with Crippen molar-refractivity contribution in [1.29, 1.82) is 0 Å². The lowest BCUT2D eigenvalue weighted by Crippen LogP contribution is -2.65. The summed E-state index contributed by atoms with van der Waals surface area (Å²) in [4.78, 5) is 26.5. The number of amides is 2. The van der Waals surface area contributed by atoms with Crippen LogP contribution in [0.3, 0.4) is 0 Å². The van der Waals surface area contributed by atoms with Gasteiger partial charge in [-0.05, 0) is 50.9 Å². The van der Waals surface area contributed by atoms with E-state index in [0.717, 1.165) is 6.42 Å². The summed E-state index contributed by atoms with van der Waals surface area (Å²) in [7, 11) is 0. The zero-order valence-corrected chi connectivity index (χ0v) is 11.2. The Hall–Kier alpha value is -1.06. The van der Waals surface area contributed by atoms with Crippen LogP contribution in [-0.4, -0.2) is 34.8 Å². The van der Waals surface area contributed by atoms with Gasteiger partial charge in [-0.25, -0.2) is 0 Å². The van der Waals surface area contributed by atoms with E-state index in [1.165, 1.54) is 25.7 Å². The first-order valence-corrected chi connectivity index (χ1v) is 7.26. The minimum Gasteiger partial charge on any atom is -0.343 e. The van der Waals surface area contributed by atoms with Crippen molar-refractivity contribution in [2.45, 2.75) is 64.1 Å². The van der Waals surface area contributed by atoms with Crippen LogP contribution in [0.15, 0.2) is 0 Å². The van der Waals surface area contributed by atoms with Gasteiger partial charge in [0.2, 0.25) is 11.8 Å². The Labute approximate surface area is 108 Å². The van der Waals surface area contributed by atoms with Gasteiger partial charge in [-0.3, -0.25) is 9.59 Å². The van der Waals surface area contributed by atoms with Crippen LogP contribution in [0, 0.1) is 11.8 Å². The second-order valence-corrected chi connectivity index (χ2v) is 6.07. The van der Waals surface area contributed by atoms with Gasteiger partial charge < -0.3 is 10.2 Å². The Kier molecular flexibility index (Phi) is 2.83. The van der Waals surface area contributed by atoms with E-state index in [4.69, 9.17) is 0 Å². The summed E-state index contributed by atoms with van der Waals surface area (Å²) in [6.45, 7) is 3.80. The van der Waals surface area contributed by atoms with Gasteiger partial charge in [0.25, 0.3) is 0 Å². The molecule has 2 atom stereocenters. The van der Waals surface area contributed by atoms with Crippen molar-refractivity contribution < 1.29 is 9.59 Å². The van der Waals surface area contributed by atoms with E-state index in [1.54, 1.807) is 6.92 Å². The predicted octanol–water partition coefficient (Wildman–Crippen LogP) is 1.30. The van der Waals surface area contributed by atoms with Crippen LogP contribution in [0.5, 0.6) is 0 Å². The lowest BCUT2D eigenvalue weighted by atomic mass is 9.97. The van der Waals surface area contributed by atoms with Gasteiger partial charge in [0.15, 0.2) is 0 Å². The fourth-order valence-electron chi connectivity index (χ4n) is 3.33. The first-order chi connectivity index (χ1) is 8.63. The van der Waals surface area contributed by atoms with Crippen LogP contribution in [0.2, 0.25) is 0 Å². The van der Waals surface area contributed by atoms with Crippen molar-refractivity contribution in [3.05, 3.63) is 0 Å². The lowest BCUT2D eigenvalue weighted by Gasteiger charge is -2.43. The molecular weight excluding hydrogens is 228 g/mol. The van der Waals surface area contributed by atoms with Gasteiger partial charge in [-0.15, -0.1) is 0 Å². The molecule has 1 saturated heterocycles. The van der Waals surface area contributed by atoms with Crippen molar-refractivity contribution in [3.63, 3.8) is 0 Å². The third kappa shape index (κ3) is 1.91. The summed E-state index contributed by atoms with van der Waals surface area (Å²) in [6.07, 6.45) is 5.66. The van der Waals surface area contributed by atoms with Gasteiger partial charge in [0.1, 0.15) is 12.1 Å². The fourth-order valence-corrected chi connectivity index (χ4v) is 3.33. The summed E-state index contributed by atoms with van der Waals surface area (Å²) in [5, 5.41) is 2.80. The molecule has 4 heteroatoms. The predicted molar refractivity (Wildman–Crippen MR) is 67.8 cm³/mol. The van der Waals surface area contributed by atoms with Crippen molar-refractivity contribution in [3.8, 4) is 0 Å². The van der Waals surface area contributed by atoms with Gasteiger partial charge >= 0.3 is 0 Å². The quantitative estimate of drug-likeness (QED) is 0.817. The van der Waals surface area contributed by atoms with E-state index in [1.807, 2.05) is 11.8 Å². The van der Waals surface area contributed by atoms with Crippen LogP contribution in [0.25, 0.3) is 0 Å². The summed E-state index contributed by atoms with van der Waals surface area (Å²) >= 11 is 0. The molecule has 1 heterocycles. The number of piperazine rings is 1. The average molecular weight is 250 g/mol. The highest BCUT2D eigenvalue weighted by atomic mass is 16.2. The van der Waals surface area contributed by atoms with E-state index in [9.17, 15) is 9.59 Å². The summed E-state index contributed by atoms with van der Waals surface area (Å²) < 4.78 is 0. The molecule has 0 aromatic heterocycles. The number of nitrogens with zero attached hydrogens (tertiary/aromatic N) is 1. The van der Waals surface area contributed by atoms with E-state index >= 15 is 0 Å². The molecule has 2 unspecified atom stereocenters. The zero-order chi connectivity index (χ0) is 12.9. The minimum absolute atomic E-state index is 0.0379. The Bertz CT molecular complexity index is 362. The third-order valence-electron chi connectivity index (χ3n) is 4.54. The molecule has 2 saturated carbocycles. The molecule has 0 aromatic rings. The van der Waals surface area contributed by atoms with Gasteiger partial charge in [0.05, 0.1) is 0 Å². The molecule has 2 amide bonds. The molecule has 0 bridgehead atoms. The largest absolute Gasteiger partial charge is 0.343 e. The van der Waals surface area contributed by atoms with Gasteiger partial charge in [0, 0.05) is 6.04 Å². The SMILES string of the molecule is CCC1C(=O)NC(C)C(=O)N1C(C1CC1)C1CC1. The standard InChI is InChI=1S/C14H22N2O2/c1-3-11-13(17)15-8(2)14(18)16(11)12(9-4-5-9)10-6-7-10/h8-12H,3-7H2,1-2H3,(H,15,17). The topological polar surface area (TPSA) is 49.4 Å². The molecule has 1 N–H and O–H groups in total. The van der Waals surface area contributed by atoms with Crippen molar-refractivity contribution >= 4 is 11.8 Å². The molecule has 4 nitrogen and oxygen atoms in total. The Morgan fingerprint density at radius 3 is 2.22 bits per heavy atom. The Morgan fingerprint density at radius 2 is 1.78 bits per heavy atom. The summed E-state index contributed by atoms with van der Waals surface area (Å²) in [6, 6.07) is -0.240. The number of carbonyl (C=O) groups is 2. The van der Waals surface area contributed by atoms with Gasteiger partial charge in [-0.2, -0.15) is 0 Å². The second-order valence-electron chi connectivity index (χ2n) is 6.07. The highest BCUT2D eigenvalue weighted by Crippen LogP contribution is 2.48. The maximum Gasteiger partial charge on any atom is 0.245 e. The molecule has 1 aliphatic heterocycles. The Balaban J connectivity index is 1.88. The first-order valence-electron chi connectivity index (χ1n) is 7.26. The highest BCUT2D eigenvalue weighted by Gasteiger charge is 2.51. The molecule has 2 aliphatic carbocycles. The number of carbonyl (C=O) groups excluding carboxylic acids is 2. The summed E-state index contributed by atoms with van der Waals surface area (Å²) in [5.74, 6) is 1.49. The molecule has 0 aromatic carbocycles. The average Bonchev–Trinajstić information content (AvgIpc) is 3.19. The zero-order valence-electron chi connectivity index (χ0n) is 11.2. The molecule has 0 radical (unpaired) electrons. The molecular formula is C14H22N2O2. The first kappa shape index (κ1) is 12.0. The Morgan fingerprint density at radius 1 is 1.22 bits per heavy atom. The number of nitrogens with one attached hydrogen (secondary N) is 1. The van der Waals surface area contributed by atoms with Crippen LogP contribution < -0.4 is 5.32 Å². The minimum atomic E-state index is -0.347. The van der Waals surface area contributed by atoms with Gasteiger partial charge in [-0.1, -0.05) is 6.92 Å². The fraction of sp³-hybridized carbons (Fsp3) is 0.857. The lowest BCUT2D eigenvalue weighted by molar-refractivity contribution is -0.153. The van der Waals surface area contributed by atoms with Crippen LogP contribution in [0.1, 0.15) is 46.0 Å². The molecule has 3 rings (SSSR count). The molecule has 18 heavy (non-hydrogen) atoms.